The second-order valence-corrected chi connectivity index (χ2v) is 6.98. The zero-order valence-electron chi connectivity index (χ0n) is 13.9. The van der Waals surface area contributed by atoms with Gasteiger partial charge in [0.1, 0.15) is 0 Å². The van der Waals surface area contributed by atoms with Crippen LogP contribution < -0.4 is 5.32 Å². The fourth-order valence-corrected chi connectivity index (χ4v) is 3.30. The molecule has 1 aliphatic heterocycles. The van der Waals surface area contributed by atoms with Crippen molar-refractivity contribution in [2.24, 2.45) is 0 Å². The number of benzene rings is 1. The van der Waals surface area contributed by atoms with E-state index in [0.29, 0.717) is 23.3 Å². The van der Waals surface area contributed by atoms with E-state index in [1.54, 1.807) is 31.2 Å². The minimum atomic E-state index is -0.947. The third-order valence-corrected chi connectivity index (χ3v) is 4.70. The summed E-state index contributed by atoms with van der Waals surface area (Å²) in [5.41, 5.74) is -0.113. The molecular weight excluding hydrogens is 328 g/mol. The van der Waals surface area contributed by atoms with Crippen molar-refractivity contribution in [3.63, 3.8) is 0 Å². The molecule has 7 heteroatoms. The van der Waals surface area contributed by atoms with Gasteiger partial charge in [0.15, 0.2) is 0 Å². The number of amides is 3. The van der Waals surface area contributed by atoms with Crippen molar-refractivity contribution in [3.05, 3.63) is 35.4 Å². The van der Waals surface area contributed by atoms with Gasteiger partial charge in [-0.2, -0.15) is 11.8 Å². The molecule has 1 aromatic carbocycles. The predicted octanol–water partition coefficient (Wildman–Crippen LogP) is 1.29. The molecule has 3 amide bonds. The number of carbonyl (C=O) groups is 3. The van der Waals surface area contributed by atoms with Gasteiger partial charge in [-0.3, -0.25) is 19.3 Å². The van der Waals surface area contributed by atoms with Crippen LogP contribution in [0.4, 0.5) is 0 Å². The summed E-state index contributed by atoms with van der Waals surface area (Å²) in [6, 6.07) is 6.72. The molecule has 0 spiro atoms. The molecule has 1 heterocycles. The molecule has 0 fully saturated rings. The zero-order chi connectivity index (χ0) is 17.7. The minimum absolute atomic E-state index is 0.180. The van der Waals surface area contributed by atoms with Gasteiger partial charge < -0.3 is 10.4 Å². The summed E-state index contributed by atoms with van der Waals surface area (Å²) in [6.45, 7) is 2.06. The number of thioether (sulfide) groups is 1. The average Bonchev–Trinajstić information content (AvgIpc) is 2.78. The van der Waals surface area contributed by atoms with Crippen LogP contribution in [-0.2, 0) is 4.79 Å². The van der Waals surface area contributed by atoms with Gasteiger partial charge in [0.05, 0.1) is 16.7 Å². The maximum atomic E-state index is 12.2. The highest BCUT2D eigenvalue weighted by Crippen LogP contribution is 2.22. The number of carbonyl (C=O) groups excluding carboxylic acids is 3. The Hall–Kier alpha value is -1.86. The smallest absolute Gasteiger partial charge is 0.261 e. The third-order valence-electron chi connectivity index (χ3n) is 3.79. The van der Waals surface area contributed by atoms with Crippen LogP contribution >= 0.6 is 11.8 Å². The molecule has 0 aliphatic carbocycles. The summed E-state index contributed by atoms with van der Waals surface area (Å²) >= 11 is 1.51. The zero-order valence-corrected chi connectivity index (χ0v) is 14.7. The number of hydrogen-bond donors (Lipinski definition) is 2. The molecule has 2 N–H and O–H groups in total. The lowest BCUT2D eigenvalue weighted by molar-refractivity contribution is -0.122. The fourth-order valence-electron chi connectivity index (χ4n) is 2.58. The second-order valence-electron chi connectivity index (χ2n) is 6.12. The van der Waals surface area contributed by atoms with Gasteiger partial charge in [0.2, 0.25) is 5.91 Å². The first-order valence-electron chi connectivity index (χ1n) is 7.79. The van der Waals surface area contributed by atoms with Crippen LogP contribution in [0.1, 0.15) is 40.5 Å². The van der Waals surface area contributed by atoms with E-state index in [0.717, 1.165) is 0 Å². The van der Waals surface area contributed by atoms with E-state index >= 15 is 0 Å². The summed E-state index contributed by atoms with van der Waals surface area (Å²) in [6.07, 6.45) is 2.48. The molecule has 2 rings (SSSR count). The average molecular weight is 350 g/mol. The standard InChI is InChI=1S/C17H22N2O4S/c1-17(23,11-24-2)10-18-14(20)8-5-9-19-15(21)12-6-3-4-7-13(12)16(19)22/h3-4,6-7,23H,5,8-11H2,1-2H3,(H,18,20). The number of nitrogens with zero attached hydrogens (tertiary/aromatic N) is 1. The SMILES string of the molecule is CSCC(C)(O)CNC(=O)CCCN1C(=O)c2ccccc2C1=O. The number of rotatable bonds is 8. The predicted molar refractivity (Wildman–Crippen MR) is 93.1 cm³/mol. The molecule has 0 aromatic heterocycles. The Morgan fingerprint density at radius 3 is 2.38 bits per heavy atom. The number of imide groups is 1. The summed E-state index contributed by atoms with van der Waals surface area (Å²) in [5, 5.41) is 12.7. The molecule has 1 aromatic rings. The number of nitrogens with one attached hydrogen (secondary N) is 1. The molecule has 1 unspecified atom stereocenters. The molecule has 0 saturated heterocycles. The van der Waals surface area contributed by atoms with E-state index in [1.807, 2.05) is 6.26 Å². The number of aliphatic hydroxyl groups is 1. The molecule has 24 heavy (non-hydrogen) atoms. The molecule has 1 aliphatic rings. The Morgan fingerprint density at radius 1 is 1.25 bits per heavy atom. The van der Waals surface area contributed by atoms with Crippen molar-refractivity contribution in [1.82, 2.24) is 10.2 Å². The van der Waals surface area contributed by atoms with Crippen LogP contribution in [0.2, 0.25) is 0 Å². The van der Waals surface area contributed by atoms with Crippen molar-refractivity contribution in [2.75, 3.05) is 25.1 Å². The number of fused-ring (bicyclic) bond motifs is 1. The molecule has 0 radical (unpaired) electrons. The fraction of sp³-hybridized carbons (Fsp3) is 0.471. The van der Waals surface area contributed by atoms with E-state index in [4.69, 9.17) is 0 Å². The van der Waals surface area contributed by atoms with Crippen molar-refractivity contribution < 1.29 is 19.5 Å². The van der Waals surface area contributed by atoms with E-state index in [1.165, 1.54) is 16.7 Å². The second kappa shape index (κ2) is 7.81. The first-order valence-corrected chi connectivity index (χ1v) is 9.18. The maximum absolute atomic E-state index is 12.2. The molecule has 1 atom stereocenters. The highest BCUT2D eigenvalue weighted by atomic mass is 32.2. The Balaban J connectivity index is 1.78. The van der Waals surface area contributed by atoms with Gasteiger partial charge in [-0.25, -0.2) is 0 Å². The lowest BCUT2D eigenvalue weighted by atomic mass is 10.1. The summed E-state index contributed by atoms with van der Waals surface area (Å²) in [5.74, 6) is -0.284. The molecule has 0 bridgehead atoms. The van der Waals surface area contributed by atoms with Gasteiger partial charge in [-0.1, -0.05) is 12.1 Å². The minimum Gasteiger partial charge on any atom is -0.387 e. The van der Waals surface area contributed by atoms with Crippen LogP contribution in [-0.4, -0.2) is 58.4 Å². The highest BCUT2D eigenvalue weighted by molar-refractivity contribution is 7.98. The van der Waals surface area contributed by atoms with Crippen LogP contribution in [0.15, 0.2) is 24.3 Å². The number of hydrogen-bond acceptors (Lipinski definition) is 5. The molecule has 130 valence electrons. The van der Waals surface area contributed by atoms with E-state index in [-0.39, 0.29) is 37.2 Å². The third kappa shape index (κ3) is 4.36. The van der Waals surface area contributed by atoms with Gasteiger partial charge >= 0.3 is 0 Å². The Kier molecular flexibility index (Phi) is 6.01. The van der Waals surface area contributed by atoms with E-state index in [2.05, 4.69) is 5.32 Å². The molecule has 0 saturated carbocycles. The van der Waals surface area contributed by atoms with E-state index < -0.39 is 5.60 Å². The Morgan fingerprint density at radius 2 is 1.83 bits per heavy atom. The normalized spacial score (nSPS) is 16.0. The summed E-state index contributed by atoms with van der Waals surface area (Å²) in [7, 11) is 0. The lowest BCUT2D eigenvalue weighted by Gasteiger charge is -2.22. The van der Waals surface area contributed by atoms with Crippen LogP contribution in [0.5, 0.6) is 0 Å². The highest BCUT2D eigenvalue weighted by Gasteiger charge is 2.34. The van der Waals surface area contributed by atoms with Crippen LogP contribution in [0, 0.1) is 0 Å². The molecular formula is C17H22N2O4S. The summed E-state index contributed by atoms with van der Waals surface area (Å²) in [4.78, 5) is 37.4. The van der Waals surface area contributed by atoms with Crippen LogP contribution in [0.3, 0.4) is 0 Å². The van der Waals surface area contributed by atoms with Gasteiger partial charge in [0.25, 0.3) is 11.8 Å². The lowest BCUT2D eigenvalue weighted by Crippen LogP contribution is -2.42. The van der Waals surface area contributed by atoms with Crippen LogP contribution in [0.25, 0.3) is 0 Å². The van der Waals surface area contributed by atoms with Crippen molar-refractivity contribution >= 4 is 29.5 Å². The maximum Gasteiger partial charge on any atom is 0.261 e. The van der Waals surface area contributed by atoms with E-state index in [9.17, 15) is 19.5 Å². The topological polar surface area (TPSA) is 86.7 Å². The van der Waals surface area contributed by atoms with Gasteiger partial charge in [0, 0.05) is 25.3 Å². The van der Waals surface area contributed by atoms with Crippen molar-refractivity contribution in [2.45, 2.75) is 25.4 Å². The monoisotopic (exact) mass is 350 g/mol. The van der Waals surface area contributed by atoms with Crippen molar-refractivity contribution in [3.8, 4) is 0 Å². The first-order chi connectivity index (χ1) is 11.4. The Labute approximate surface area is 145 Å². The van der Waals surface area contributed by atoms with Gasteiger partial charge in [-0.15, -0.1) is 0 Å². The molecule has 6 nitrogen and oxygen atoms in total. The quantitative estimate of drug-likeness (QED) is 0.690. The Bertz CT molecular complexity index is 610. The van der Waals surface area contributed by atoms with Gasteiger partial charge in [-0.05, 0) is 31.7 Å². The summed E-state index contributed by atoms with van der Waals surface area (Å²) < 4.78 is 0. The first kappa shape index (κ1) is 18.5. The largest absolute Gasteiger partial charge is 0.387 e. The van der Waals surface area contributed by atoms with Crippen molar-refractivity contribution in [1.29, 1.82) is 0 Å².